The third-order valence-corrected chi connectivity index (χ3v) is 6.81. The van der Waals surface area contributed by atoms with E-state index in [1.165, 1.54) is 12.8 Å². The Kier molecular flexibility index (Phi) is 4.91. The Bertz CT molecular complexity index is 916. The van der Waals surface area contributed by atoms with E-state index in [1.54, 1.807) is 6.07 Å². The van der Waals surface area contributed by atoms with E-state index < -0.39 is 23.8 Å². The van der Waals surface area contributed by atoms with Gasteiger partial charge in [0, 0.05) is 26.1 Å². The molecule has 8 nitrogen and oxygen atoms in total. The average molecular weight is 410 g/mol. The van der Waals surface area contributed by atoms with Crippen molar-refractivity contribution in [1.82, 2.24) is 20.4 Å². The molecule has 3 saturated heterocycles. The number of amides is 4. The number of carbonyl (C=O) groups excluding carboxylic acids is 4. The molecular formula is C22H26N4O4. The minimum absolute atomic E-state index is 0.126. The number of imide groups is 2. The van der Waals surface area contributed by atoms with Gasteiger partial charge in [0.2, 0.25) is 11.8 Å². The Balaban J connectivity index is 1.40. The summed E-state index contributed by atoms with van der Waals surface area (Å²) >= 11 is 0. The van der Waals surface area contributed by atoms with Gasteiger partial charge in [-0.25, -0.2) is 0 Å². The third kappa shape index (κ3) is 3.33. The fourth-order valence-electron chi connectivity index (χ4n) is 5.48. The van der Waals surface area contributed by atoms with Gasteiger partial charge in [0.05, 0.1) is 11.1 Å². The molecular weight excluding hydrogens is 384 g/mol. The van der Waals surface area contributed by atoms with Crippen molar-refractivity contribution >= 4 is 23.6 Å². The predicted octanol–water partition coefficient (Wildman–Crippen LogP) is 0.519. The third-order valence-electron chi connectivity index (χ3n) is 6.81. The summed E-state index contributed by atoms with van der Waals surface area (Å²) in [7, 11) is 0. The highest BCUT2D eigenvalue weighted by atomic mass is 16.2. The maximum absolute atomic E-state index is 13.3. The fourth-order valence-corrected chi connectivity index (χ4v) is 5.48. The largest absolute Gasteiger partial charge is 0.316 e. The highest BCUT2D eigenvalue weighted by molar-refractivity contribution is 6.24. The molecule has 30 heavy (non-hydrogen) atoms. The van der Waals surface area contributed by atoms with Crippen molar-refractivity contribution in [2.24, 2.45) is 11.8 Å². The summed E-state index contributed by atoms with van der Waals surface area (Å²) in [5.41, 5.74) is 1.62. The lowest BCUT2D eigenvalue weighted by Gasteiger charge is -2.36. The number of hydrogen-bond acceptors (Lipinski definition) is 6. The molecule has 0 aliphatic carbocycles. The molecule has 2 bridgehead atoms. The van der Waals surface area contributed by atoms with Crippen LogP contribution in [0.5, 0.6) is 0 Å². The van der Waals surface area contributed by atoms with Gasteiger partial charge in [-0.1, -0.05) is 12.1 Å². The van der Waals surface area contributed by atoms with Crippen molar-refractivity contribution in [3.63, 3.8) is 0 Å². The summed E-state index contributed by atoms with van der Waals surface area (Å²) in [6, 6.07) is 4.46. The molecule has 3 unspecified atom stereocenters. The average Bonchev–Trinajstić information content (AvgIpc) is 2.85. The number of benzene rings is 1. The number of rotatable bonds is 3. The van der Waals surface area contributed by atoms with E-state index in [-0.39, 0.29) is 18.7 Å². The van der Waals surface area contributed by atoms with Gasteiger partial charge in [0.15, 0.2) is 0 Å². The minimum Gasteiger partial charge on any atom is -0.316 e. The Labute approximate surface area is 175 Å². The summed E-state index contributed by atoms with van der Waals surface area (Å²) in [5, 5.41) is 5.76. The number of likely N-dealkylation sites (tertiary alicyclic amines) is 1. The highest BCUT2D eigenvalue weighted by Gasteiger charge is 2.45. The molecule has 8 heteroatoms. The van der Waals surface area contributed by atoms with Crippen molar-refractivity contribution in [2.45, 2.75) is 38.3 Å². The van der Waals surface area contributed by atoms with Crippen LogP contribution in [-0.4, -0.2) is 65.6 Å². The van der Waals surface area contributed by atoms with Crippen LogP contribution >= 0.6 is 0 Å². The molecule has 1 aromatic carbocycles. The molecule has 4 heterocycles. The van der Waals surface area contributed by atoms with Gasteiger partial charge in [-0.3, -0.25) is 34.3 Å². The van der Waals surface area contributed by atoms with E-state index in [2.05, 4.69) is 15.5 Å². The van der Waals surface area contributed by atoms with E-state index in [9.17, 15) is 19.2 Å². The lowest BCUT2D eigenvalue weighted by Crippen LogP contribution is -2.54. The van der Waals surface area contributed by atoms with Crippen LogP contribution in [-0.2, 0) is 16.1 Å². The topological polar surface area (TPSA) is 98.8 Å². The van der Waals surface area contributed by atoms with Gasteiger partial charge in [-0.2, -0.15) is 0 Å². The Morgan fingerprint density at radius 3 is 2.67 bits per heavy atom. The van der Waals surface area contributed by atoms with Crippen LogP contribution in [0.15, 0.2) is 18.2 Å². The molecule has 0 spiro atoms. The molecule has 158 valence electrons. The zero-order valence-electron chi connectivity index (χ0n) is 16.9. The van der Waals surface area contributed by atoms with Crippen LogP contribution in [0, 0.1) is 11.8 Å². The van der Waals surface area contributed by atoms with Crippen molar-refractivity contribution in [2.75, 3.05) is 26.2 Å². The lowest BCUT2D eigenvalue weighted by molar-refractivity contribution is -0.136. The van der Waals surface area contributed by atoms with E-state index >= 15 is 0 Å². The Morgan fingerprint density at radius 2 is 1.83 bits per heavy atom. The molecule has 3 atom stereocenters. The molecule has 5 rings (SSSR count). The number of nitrogens with zero attached hydrogens (tertiary/aromatic N) is 2. The number of fused-ring (bicyclic) bond motifs is 3. The van der Waals surface area contributed by atoms with Gasteiger partial charge in [0.25, 0.3) is 11.8 Å². The van der Waals surface area contributed by atoms with Crippen molar-refractivity contribution < 1.29 is 19.2 Å². The van der Waals surface area contributed by atoms with Gasteiger partial charge >= 0.3 is 0 Å². The molecule has 0 saturated carbocycles. The standard InChI is InChI=1S/C22H26N4O4/c27-18-5-4-17(20(28)24-18)26-21(29)16-3-1-2-15(19(16)22(26)30)12-25-10-13-6-7-23-9-14(8-13)11-25/h1-3,13-14,17,23H,4-12H2,(H,24,27,28). The zero-order valence-corrected chi connectivity index (χ0v) is 16.9. The zero-order chi connectivity index (χ0) is 20.8. The van der Waals surface area contributed by atoms with Crippen LogP contribution in [0.4, 0.5) is 0 Å². The van der Waals surface area contributed by atoms with Crippen molar-refractivity contribution in [1.29, 1.82) is 0 Å². The summed E-state index contributed by atoms with van der Waals surface area (Å²) in [6.07, 6.45) is 2.72. The molecule has 0 radical (unpaired) electrons. The van der Waals surface area contributed by atoms with Gasteiger partial charge in [0.1, 0.15) is 6.04 Å². The molecule has 0 aromatic heterocycles. The molecule has 1 aromatic rings. The van der Waals surface area contributed by atoms with Crippen LogP contribution in [0.1, 0.15) is 52.0 Å². The number of piperidine rings is 2. The minimum atomic E-state index is -0.924. The van der Waals surface area contributed by atoms with E-state index in [1.807, 2.05) is 12.1 Å². The van der Waals surface area contributed by atoms with E-state index in [4.69, 9.17) is 0 Å². The number of hydrogen-bond donors (Lipinski definition) is 2. The monoisotopic (exact) mass is 410 g/mol. The fraction of sp³-hybridized carbons (Fsp3) is 0.545. The van der Waals surface area contributed by atoms with Crippen LogP contribution in [0.25, 0.3) is 0 Å². The van der Waals surface area contributed by atoms with Crippen molar-refractivity contribution in [3.8, 4) is 0 Å². The summed E-state index contributed by atoms with van der Waals surface area (Å²) in [6.45, 7) is 4.69. The Hall–Kier alpha value is -2.58. The first-order valence-electron chi connectivity index (χ1n) is 10.8. The molecule has 3 fully saturated rings. The Morgan fingerprint density at radius 1 is 1.00 bits per heavy atom. The SMILES string of the molecule is O=C1CCC(N2C(=O)c3cccc(CN4CC5CCNCC(C5)C4)c3C2=O)C(=O)N1. The van der Waals surface area contributed by atoms with Crippen LogP contribution < -0.4 is 10.6 Å². The van der Waals surface area contributed by atoms with Crippen molar-refractivity contribution in [3.05, 3.63) is 34.9 Å². The quantitative estimate of drug-likeness (QED) is 0.705. The van der Waals surface area contributed by atoms with E-state index in [0.717, 1.165) is 36.6 Å². The maximum Gasteiger partial charge on any atom is 0.262 e. The molecule has 4 aliphatic rings. The second-order valence-electron chi connectivity index (χ2n) is 8.94. The maximum atomic E-state index is 13.3. The van der Waals surface area contributed by atoms with Gasteiger partial charge < -0.3 is 5.32 Å². The second kappa shape index (κ2) is 7.59. The lowest BCUT2D eigenvalue weighted by atomic mass is 9.88. The normalized spacial score (nSPS) is 29.6. The first-order valence-corrected chi connectivity index (χ1v) is 10.8. The van der Waals surface area contributed by atoms with E-state index in [0.29, 0.717) is 29.5 Å². The second-order valence-corrected chi connectivity index (χ2v) is 8.94. The first kappa shape index (κ1) is 19.4. The van der Waals surface area contributed by atoms with Gasteiger partial charge in [-0.15, -0.1) is 0 Å². The molecule has 4 amide bonds. The molecule has 4 aliphatic heterocycles. The summed E-state index contributed by atoms with van der Waals surface area (Å²) in [4.78, 5) is 53.5. The van der Waals surface area contributed by atoms with Crippen LogP contribution in [0.3, 0.4) is 0 Å². The summed E-state index contributed by atoms with van der Waals surface area (Å²) in [5.74, 6) is -0.531. The molecule has 2 N–H and O–H groups in total. The number of nitrogens with one attached hydrogen (secondary N) is 2. The van der Waals surface area contributed by atoms with Gasteiger partial charge in [-0.05, 0) is 55.8 Å². The summed E-state index contributed by atoms with van der Waals surface area (Å²) < 4.78 is 0. The first-order chi connectivity index (χ1) is 14.5. The smallest absolute Gasteiger partial charge is 0.262 e. The predicted molar refractivity (Wildman–Crippen MR) is 107 cm³/mol. The highest BCUT2D eigenvalue weighted by Crippen LogP contribution is 2.32. The number of carbonyl (C=O) groups is 4. The van der Waals surface area contributed by atoms with Crippen LogP contribution in [0.2, 0.25) is 0 Å².